The number of nitrogen functional groups attached to an aromatic ring is 1. The summed E-state index contributed by atoms with van der Waals surface area (Å²) in [6, 6.07) is 2.10. The number of aryl methyl sites for hydroxylation is 1. The Morgan fingerprint density at radius 1 is 1.41 bits per heavy atom. The van der Waals surface area contributed by atoms with Gasteiger partial charge in [-0.3, -0.25) is 0 Å². The summed E-state index contributed by atoms with van der Waals surface area (Å²) in [6.07, 6.45) is 1.46. The van der Waals surface area contributed by atoms with Crippen molar-refractivity contribution in [2.75, 3.05) is 10.7 Å². The molecule has 17 heavy (non-hydrogen) atoms. The Hall–Kier alpha value is -1.18. The second kappa shape index (κ2) is 5.44. The van der Waals surface area contributed by atoms with Crippen LogP contribution in [-0.2, 0) is 6.54 Å². The summed E-state index contributed by atoms with van der Waals surface area (Å²) in [6.45, 7) is 2.83. The molecule has 90 valence electrons. The van der Waals surface area contributed by atoms with E-state index >= 15 is 0 Å². The Balaban J connectivity index is 2.12. The Kier molecular flexibility index (Phi) is 3.93. The lowest BCUT2D eigenvalue weighted by Gasteiger charge is -2.09. The number of hydrazine groups is 1. The molecule has 0 saturated carbocycles. The largest absolute Gasteiger partial charge is 0.364 e. The van der Waals surface area contributed by atoms with Gasteiger partial charge in [0, 0.05) is 4.88 Å². The van der Waals surface area contributed by atoms with E-state index < -0.39 is 0 Å². The molecule has 4 N–H and O–H groups in total. The summed E-state index contributed by atoms with van der Waals surface area (Å²) in [7, 11) is 0. The van der Waals surface area contributed by atoms with Crippen LogP contribution in [0.15, 0.2) is 22.2 Å². The molecule has 0 spiro atoms. The second-order valence-electron chi connectivity index (χ2n) is 3.41. The van der Waals surface area contributed by atoms with Crippen molar-refractivity contribution >= 4 is 38.9 Å². The predicted octanol–water partition coefficient (Wildman–Crippen LogP) is 2.51. The minimum Gasteiger partial charge on any atom is -0.364 e. The van der Waals surface area contributed by atoms with Crippen molar-refractivity contribution in [1.29, 1.82) is 0 Å². The van der Waals surface area contributed by atoms with Gasteiger partial charge in [0.15, 0.2) is 5.82 Å². The van der Waals surface area contributed by atoms with Gasteiger partial charge in [-0.15, -0.1) is 11.3 Å². The number of hydrogen-bond donors (Lipinski definition) is 3. The van der Waals surface area contributed by atoms with E-state index in [4.69, 9.17) is 5.84 Å². The predicted molar refractivity (Wildman–Crippen MR) is 73.9 cm³/mol. The smallest absolute Gasteiger partial charge is 0.159 e. The standard InChI is InChI=1S/C10H12BrN5S/c1-6-2-3-17-7(6)4-13-9-8(11)10(16-12)15-5-14-9/h2-3,5H,4,12H2,1H3,(H2,13,14,15,16). The lowest BCUT2D eigenvalue weighted by atomic mass is 10.3. The average Bonchev–Trinajstić information content (AvgIpc) is 2.74. The first-order chi connectivity index (χ1) is 8.22. The van der Waals surface area contributed by atoms with E-state index in [0.717, 1.165) is 16.8 Å². The third-order valence-electron chi connectivity index (χ3n) is 2.31. The van der Waals surface area contributed by atoms with Crippen molar-refractivity contribution in [3.8, 4) is 0 Å². The van der Waals surface area contributed by atoms with Gasteiger partial charge in [-0.25, -0.2) is 15.8 Å². The number of nitrogens with one attached hydrogen (secondary N) is 2. The first-order valence-electron chi connectivity index (χ1n) is 4.96. The van der Waals surface area contributed by atoms with Gasteiger partial charge >= 0.3 is 0 Å². The fraction of sp³-hybridized carbons (Fsp3) is 0.200. The topological polar surface area (TPSA) is 75.9 Å². The molecule has 2 rings (SSSR count). The van der Waals surface area contributed by atoms with E-state index in [1.165, 1.54) is 16.8 Å². The summed E-state index contributed by atoms with van der Waals surface area (Å²) in [4.78, 5) is 9.43. The minimum absolute atomic E-state index is 0.561. The van der Waals surface area contributed by atoms with Crippen molar-refractivity contribution in [1.82, 2.24) is 9.97 Å². The highest BCUT2D eigenvalue weighted by atomic mass is 79.9. The highest BCUT2D eigenvalue weighted by molar-refractivity contribution is 9.10. The maximum atomic E-state index is 5.34. The molecule has 0 atom stereocenters. The van der Waals surface area contributed by atoms with Crippen LogP contribution in [0, 0.1) is 6.92 Å². The summed E-state index contributed by atoms with van der Waals surface area (Å²) < 4.78 is 0.733. The number of rotatable bonds is 4. The van der Waals surface area contributed by atoms with Crippen LogP contribution < -0.4 is 16.6 Å². The van der Waals surface area contributed by atoms with Crippen LogP contribution in [0.5, 0.6) is 0 Å². The van der Waals surface area contributed by atoms with E-state index in [1.54, 1.807) is 11.3 Å². The molecule has 0 aromatic carbocycles. The molecular weight excluding hydrogens is 302 g/mol. The Labute approximate surface area is 112 Å². The van der Waals surface area contributed by atoms with Crippen LogP contribution >= 0.6 is 27.3 Å². The van der Waals surface area contributed by atoms with Crippen LogP contribution in [0.2, 0.25) is 0 Å². The van der Waals surface area contributed by atoms with Crippen molar-refractivity contribution < 1.29 is 0 Å². The molecule has 0 fully saturated rings. The minimum atomic E-state index is 0.561. The van der Waals surface area contributed by atoms with E-state index in [-0.39, 0.29) is 0 Å². The van der Waals surface area contributed by atoms with Crippen molar-refractivity contribution in [3.63, 3.8) is 0 Å². The lowest BCUT2D eigenvalue weighted by molar-refractivity contribution is 1.07. The van der Waals surface area contributed by atoms with Crippen LogP contribution in [-0.4, -0.2) is 9.97 Å². The van der Waals surface area contributed by atoms with Gasteiger partial charge in [0.1, 0.15) is 16.6 Å². The molecule has 0 aliphatic rings. The maximum absolute atomic E-state index is 5.34. The Morgan fingerprint density at radius 2 is 2.18 bits per heavy atom. The molecule has 2 aromatic heterocycles. The number of thiophene rings is 1. The highest BCUT2D eigenvalue weighted by Crippen LogP contribution is 2.26. The lowest BCUT2D eigenvalue weighted by Crippen LogP contribution is -2.11. The van der Waals surface area contributed by atoms with Crippen LogP contribution in [0.3, 0.4) is 0 Å². The molecule has 7 heteroatoms. The summed E-state index contributed by atoms with van der Waals surface area (Å²) in [5.74, 6) is 6.62. The van der Waals surface area contributed by atoms with E-state index in [9.17, 15) is 0 Å². The zero-order valence-corrected chi connectivity index (χ0v) is 11.6. The monoisotopic (exact) mass is 313 g/mol. The third-order valence-corrected chi connectivity index (χ3v) is 4.08. The normalized spacial score (nSPS) is 10.3. The number of nitrogens with zero attached hydrogens (tertiary/aromatic N) is 2. The number of hydrogen-bond acceptors (Lipinski definition) is 6. The van der Waals surface area contributed by atoms with Crippen molar-refractivity contribution in [2.45, 2.75) is 13.5 Å². The number of anilines is 2. The van der Waals surface area contributed by atoms with Gasteiger partial charge in [0.2, 0.25) is 0 Å². The highest BCUT2D eigenvalue weighted by Gasteiger charge is 2.08. The van der Waals surface area contributed by atoms with Crippen molar-refractivity contribution in [2.24, 2.45) is 5.84 Å². The quantitative estimate of drug-likeness (QED) is 0.597. The molecule has 0 radical (unpaired) electrons. The van der Waals surface area contributed by atoms with Gasteiger partial charge in [-0.1, -0.05) is 0 Å². The zero-order chi connectivity index (χ0) is 12.3. The molecule has 0 unspecified atom stereocenters. The summed E-state index contributed by atoms with van der Waals surface area (Å²) >= 11 is 5.12. The molecule has 2 heterocycles. The fourth-order valence-corrected chi connectivity index (χ4v) is 2.65. The van der Waals surface area contributed by atoms with Gasteiger partial charge < -0.3 is 10.7 Å². The molecule has 0 saturated heterocycles. The summed E-state index contributed by atoms with van der Waals surface area (Å²) in [5, 5.41) is 5.33. The first-order valence-corrected chi connectivity index (χ1v) is 6.63. The average molecular weight is 314 g/mol. The van der Waals surface area contributed by atoms with Gasteiger partial charge in [-0.2, -0.15) is 0 Å². The summed E-state index contributed by atoms with van der Waals surface area (Å²) in [5.41, 5.74) is 3.79. The van der Waals surface area contributed by atoms with E-state index in [1.807, 2.05) is 0 Å². The maximum Gasteiger partial charge on any atom is 0.159 e. The van der Waals surface area contributed by atoms with Crippen molar-refractivity contribution in [3.05, 3.63) is 32.7 Å². The zero-order valence-electron chi connectivity index (χ0n) is 9.20. The third kappa shape index (κ3) is 2.74. The second-order valence-corrected chi connectivity index (χ2v) is 5.20. The van der Waals surface area contributed by atoms with Gasteiger partial charge in [-0.05, 0) is 39.9 Å². The molecule has 0 aliphatic heterocycles. The number of aromatic nitrogens is 2. The fourth-order valence-electron chi connectivity index (χ4n) is 1.34. The molecule has 5 nitrogen and oxygen atoms in total. The van der Waals surface area contributed by atoms with Crippen LogP contribution in [0.25, 0.3) is 0 Å². The van der Waals surface area contributed by atoms with Crippen LogP contribution in [0.4, 0.5) is 11.6 Å². The number of nitrogens with two attached hydrogens (primary N) is 1. The first kappa shape index (κ1) is 12.3. The van der Waals surface area contributed by atoms with Gasteiger partial charge in [0.05, 0.1) is 6.54 Å². The van der Waals surface area contributed by atoms with E-state index in [2.05, 4.69) is 55.0 Å². The van der Waals surface area contributed by atoms with Crippen LogP contribution in [0.1, 0.15) is 10.4 Å². The Morgan fingerprint density at radius 3 is 2.82 bits per heavy atom. The number of halogens is 1. The van der Waals surface area contributed by atoms with Gasteiger partial charge in [0.25, 0.3) is 0 Å². The molecule has 0 aliphatic carbocycles. The molecule has 2 aromatic rings. The Bertz CT molecular complexity index is 513. The van der Waals surface area contributed by atoms with E-state index in [0.29, 0.717) is 5.82 Å². The molecular formula is C10H12BrN5S. The molecule has 0 amide bonds. The molecule has 0 bridgehead atoms. The SMILES string of the molecule is Cc1ccsc1CNc1ncnc(NN)c1Br.